The molecule has 2 rings (SSSR count). The molecule has 4 nitrogen and oxygen atoms in total. The minimum absolute atomic E-state index is 0.661. The highest BCUT2D eigenvalue weighted by Gasteiger charge is 2.05. The monoisotopic (exact) mass is 345 g/mol. The molecule has 0 fully saturated rings. The first kappa shape index (κ1) is 11.8. The van der Waals surface area contributed by atoms with Crippen molar-refractivity contribution in [2.45, 2.75) is 13.1 Å². The molecule has 0 aliphatic carbocycles. The Hall–Kier alpha value is -0.720. The zero-order valence-electron chi connectivity index (χ0n) is 8.28. The van der Waals surface area contributed by atoms with Gasteiger partial charge in [0, 0.05) is 12.7 Å². The summed E-state index contributed by atoms with van der Waals surface area (Å²) in [5, 5.41) is 3.23. The van der Waals surface area contributed by atoms with Gasteiger partial charge in [0.25, 0.3) is 0 Å². The quantitative estimate of drug-likeness (QED) is 0.924. The van der Waals surface area contributed by atoms with Crippen molar-refractivity contribution in [1.82, 2.24) is 15.3 Å². The lowest BCUT2D eigenvalue weighted by atomic mass is 10.4. The van der Waals surface area contributed by atoms with E-state index in [0.29, 0.717) is 17.8 Å². The van der Waals surface area contributed by atoms with E-state index in [0.717, 1.165) is 15.9 Å². The average Bonchev–Trinajstić information content (AvgIpc) is 2.60. The SMILES string of the molecule is Brc1cc(CNCc2ccncn2)oc1Br. The summed E-state index contributed by atoms with van der Waals surface area (Å²) in [6.45, 7) is 1.35. The second kappa shape index (κ2) is 5.56. The van der Waals surface area contributed by atoms with Gasteiger partial charge in [-0.2, -0.15) is 0 Å². The number of rotatable bonds is 4. The molecule has 0 aliphatic rings. The third-order valence-electron chi connectivity index (χ3n) is 1.94. The molecule has 0 aromatic carbocycles. The van der Waals surface area contributed by atoms with Gasteiger partial charge in [0.1, 0.15) is 12.1 Å². The second-order valence-electron chi connectivity index (χ2n) is 3.14. The molecule has 0 bridgehead atoms. The number of nitrogens with zero attached hydrogens (tertiary/aromatic N) is 2. The van der Waals surface area contributed by atoms with Crippen molar-refractivity contribution in [2.75, 3.05) is 0 Å². The van der Waals surface area contributed by atoms with Crippen LogP contribution in [-0.4, -0.2) is 9.97 Å². The molecule has 2 aromatic rings. The molecule has 2 aromatic heterocycles. The van der Waals surface area contributed by atoms with E-state index in [9.17, 15) is 0 Å². The van der Waals surface area contributed by atoms with E-state index in [2.05, 4.69) is 47.1 Å². The lowest BCUT2D eigenvalue weighted by Crippen LogP contribution is -2.13. The van der Waals surface area contributed by atoms with Gasteiger partial charge in [0.2, 0.25) is 0 Å². The van der Waals surface area contributed by atoms with Crippen molar-refractivity contribution in [3.63, 3.8) is 0 Å². The molecule has 0 aliphatic heterocycles. The van der Waals surface area contributed by atoms with Crippen molar-refractivity contribution >= 4 is 31.9 Å². The summed E-state index contributed by atoms with van der Waals surface area (Å²) in [7, 11) is 0. The van der Waals surface area contributed by atoms with E-state index in [4.69, 9.17) is 4.42 Å². The molecule has 0 atom stereocenters. The molecule has 6 heteroatoms. The molecule has 16 heavy (non-hydrogen) atoms. The molecule has 0 saturated heterocycles. The Kier molecular flexibility index (Phi) is 4.09. The lowest BCUT2D eigenvalue weighted by molar-refractivity contribution is 0.463. The number of halogens is 2. The maximum Gasteiger partial charge on any atom is 0.183 e. The van der Waals surface area contributed by atoms with Crippen LogP contribution in [0.5, 0.6) is 0 Å². The van der Waals surface area contributed by atoms with E-state index in [1.807, 2.05) is 12.1 Å². The van der Waals surface area contributed by atoms with Gasteiger partial charge in [-0.05, 0) is 44.0 Å². The Morgan fingerprint density at radius 3 is 2.81 bits per heavy atom. The van der Waals surface area contributed by atoms with Crippen molar-refractivity contribution in [2.24, 2.45) is 0 Å². The van der Waals surface area contributed by atoms with E-state index < -0.39 is 0 Å². The molecular formula is C10H9Br2N3O. The van der Waals surface area contributed by atoms with E-state index in [1.54, 1.807) is 6.20 Å². The fourth-order valence-corrected chi connectivity index (χ4v) is 1.87. The third-order valence-corrected chi connectivity index (χ3v) is 3.65. The summed E-state index contributed by atoms with van der Waals surface area (Å²) < 4.78 is 7.06. The van der Waals surface area contributed by atoms with Crippen LogP contribution < -0.4 is 5.32 Å². The molecule has 84 valence electrons. The summed E-state index contributed by atoms with van der Waals surface area (Å²) >= 11 is 6.65. The summed E-state index contributed by atoms with van der Waals surface area (Å²) in [5.41, 5.74) is 0.958. The molecular weight excluding hydrogens is 338 g/mol. The third kappa shape index (κ3) is 3.13. The Balaban J connectivity index is 1.84. The van der Waals surface area contributed by atoms with Crippen molar-refractivity contribution in [3.05, 3.63) is 45.3 Å². The van der Waals surface area contributed by atoms with Gasteiger partial charge in [0.05, 0.1) is 16.7 Å². The summed E-state index contributed by atoms with van der Waals surface area (Å²) in [6.07, 6.45) is 3.27. The number of hydrogen-bond acceptors (Lipinski definition) is 4. The molecule has 0 spiro atoms. The number of aromatic nitrogens is 2. The highest BCUT2D eigenvalue weighted by atomic mass is 79.9. The van der Waals surface area contributed by atoms with Gasteiger partial charge in [-0.3, -0.25) is 0 Å². The van der Waals surface area contributed by atoms with Gasteiger partial charge < -0.3 is 9.73 Å². The minimum atomic E-state index is 0.661. The molecule has 0 saturated carbocycles. The Morgan fingerprint density at radius 2 is 2.19 bits per heavy atom. The predicted octanol–water partition coefficient (Wildman–Crippen LogP) is 2.88. The normalized spacial score (nSPS) is 10.6. The fraction of sp³-hybridized carbons (Fsp3) is 0.200. The molecule has 1 N–H and O–H groups in total. The Bertz CT molecular complexity index is 439. The Morgan fingerprint density at radius 1 is 1.31 bits per heavy atom. The van der Waals surface area contributed by atoms with Crippen LogP contribution in [0.25, 0.3) is 0 Å². The first-order valence-electron chi connectivity index (χ1n) is 4.65. The van der Waals surface area contributed by atoms with Crippen LogP contribution in [0.4, 0.5) is 0 Å². The summed E-state index contributed by atoms with van der Waals surface area (Å²) in [4.78, 5) is 7.97. The van der Waals surface area contributed by atoms with Gasteiger partial charge in [-0.1, -0.05) is 0 Å². The standard InChI is InChI=1S/C10H9Br2N3O/c11-9-3-8(16-10(9)12)5-14-4-7-1-2-13-6-15-7/h1-3,6,14H,4-5H2. The summed E-state index contributed by atoms with van der Waals surface area (Å²) in [6, 6.07) is 3.80. The average molecular weight is 347 g/mol. The zero-order chi connectivity index (χ0) is 11.4. The Labute approximate surface area is 110 Å². The van der Waals surface area contributed by atoms with Crippen LogP contribution in [0, 0.1) is 0 Å². The molecule has 0 radical (unpaired) electrons. The van der Waals surface area contributed by atoms with Crippen molar-refractivity contribution in [3.8, 4) is 0 Å². The van der Waals surface area contributed by atoms with Crippen LogP contribution in [0.3, 0.4) is 0 Å². The van der Waals surface area contributed by atoms with Gasteiger partial charge in [-0.25, -0.2) is 9.97 Å². The van der Waals surface area contributed by atoms with Crippen LogP contribution in [0.2, 0.25) is 0 Å². The highest BCUT2D eigenvalue weighted by Crippen LogP contribution is 2.26. The smallest absolute Gasteiger partial charge is 0.183 e. The maximum atomic E-state index is 5.43. The van der Waals surface area contributed by atoms with E-state index >= 15 is 0 Å². The van der Waals surface area contributed by atoms with E-state index in [1.165, 1.54) is 6.33 Å². The predicted molar refractivity (Wildman–Crippen MR) is 66.7 cm³/mol. The van der Waals surface area contributed by atoms with E-state index in [-0.39, 0.29) is 0 Å². The first-order valence-corrected chi connectivity index (χ1v) is 6.23. The molecule has 2 heterocycles. The number of hydrogen-bond donors (Lipinski definition) is 1. The summed E-state index contributed by atoms with van der Waals surface area (Å²) in [5.74, 6) is 0.868. The van der Waals surface area contributed by atoms with Gasteiger partial charge in [0.15, 0.2) is 4.67 Å². The van der Waals surface area contributed by atoms with Gasteiger partial charge in [-0.15, -0.1) is 0 Å². The van der Waals surface area contributed by atoms with Crippen LogP contribution in [0.15, 0.2) is 38.2 Å². The van der Waals surface area contributed by atoms with Crippen LogP contribution in [-0.2, 0) is 13.1 Å². The highest BCUT2D eigenvalue weighted by molar-refractivity contribution is 9.13. The largest absolute Gasteiger partial charge is 0.452 e. The molecule has 0 amide bonds. The number of nitrogens with one attached hydrogen (secondary N) is 1. The lowest BCUT2D eigenvalue weighted by Gasteiger charge is -2.00. The first-order chi connectivity index (χ1) is 7.75. The zero-order valence-corrected chi connectivity index (χ0v) is 11.5. The van der Waals surface area contributed by atoms with Crippen LogP contribution in [0.1, 0.15) is 11.5 Å². The molecule has 0 unspecified atom stereocenters. The number of furan rings is 1. The van der Waals surface area contributed by atoms with Crippen molar-refractivity contribution in [1.29, 1.82) is 0 Å². The maximum absolute atomic E-state index is 5.43. The van der Waals surface area contributed by atoms with Gasteiger partial charge >= 0.3 is 0 Å². The van der Waals surface area contributed by atoms with Crippen molar-refractivity contribution < 1.29 is 4.42 Å². The van der Waals surface area contributed by atoms with Crippen LogP contribution >= 0.6 is 31.9 Å². The second-order valence-corrected chi connectivity index (χ2v) is 4.71. The topological polar surface area (TPSA) is 51.0 Å². The minimum Gasteiger partial charge on any atom is -0.452 e. The fourth-order valence-electron chi connectivity index (χ4n) is 1.21.